The predicted octanol–water partition coefficient (Wildman–Crippen LogP) is 5.58. The Hall–Kier alpha value is -1.58. The number of rotatable bonds is 4. The highest BCUT2D eigenvalue weighted by Gasteiger charge is 2.10. The van der Waals surface area contributed by atoms with E-state index in [4.69, 9.17) is 0 Å². The number of thiophene rings is 2. The molecule has 1 aliphatic rings. The SMILES string of the molecule is c1csc(-c2csc(CNc3ccc4c(c3)CCC4)c2)c1. The van der Waals surface area contributed by atoms with E-state index in [9.17, 15) is 0 Å². The van der Waals surface area contributed by atoms with Crippen molar-refractivity contribution in [2.45, 2.75) is 25.8 Å². The molecule has 4 rings (SSSR count). The molecule has 2 aromatic heterocycles. The Balaban J connectivity index is 1.45. The molecule has 0 atom stereocenters. The van der Waals surface area contributed by atoms with Crippen LogP contribution < -0.4 is 5.32 Å². The van der Waals surface area contributed by atoms with Crippen LogP contribution in [0.25, 0.3) is 10.4 Å². The van der Waals surface area contributed by atoms with Crippen LogP contribution in [0.4, 0.5) is 5.69 Å². The van der Waals surface area contributed by atoms with Gasteiger partial charge in [-0.05, 0) is 65.4 Å². The summed E-state index contributed by atoms with van der Waals surface area (Å²) in [6.45, 7) is 0.912. The Morgan fingerprint density at radius 2 is 1.95 bits per heavy atom. The second-order valence-corrected chi connectivity index (χ2v) is 7.41. The van der Waals surface area contributed by atoms with Crippen molar-refractivity contribution < 1.29 is 0 Å². The van der Waals surface area contributed by atoms with E-state index in [1.807, 2.05) is 11.3 Å². The Morgan fingerprint density at radius 1 is 1.00 bits per heavy atom. The maximum atomic E-state index is 3.56. The average molecular weight is 311 g/mol. The molecule has 21 heavy (non-hydrogen) atoms. The van der Waals surface area contributed by atoms with Gasteiger partial charge in [-0.25, -0.2) is 0 Å². The molecule has 106 valence electrons. The van der Waals surface area contributed by atoms with Gasteiger partial charge < -0.3 is 5.32 Å². The van der Waals surface area contributed by atoms with Crippen LogP contribution in [0.15, 0.2) is 47.2 Å². The highest BCUT2D eigenvalue weighted by atomic mass is 32.1. The van der Waals surface area contributed by atoms with Crippen LogP contribution in [0.3, 0.4) is 0 Å². The Morgan fingerprint density at radius 3 is 2.86 bits per heavy atom. The monoisotopic (exact) mass is 311 g/mol. The molecule has 1 aliphatic carbocycles. The van der Waals surface area contributed by atoms with Crippen molar-refractivity contribution >= 4 is 28.4 Å². The Bertz CT molecular complexity index is 740. The van der Waals surface area contributed by atoms with Crippen molar-refractivity contribution in [1.82, 2.24) is 0 Å². The van der Waals surface area contributed by atoms with Gasteiger partial charge in [-0.15, -0.1) is 22.7 Å². The van der Waals surface area contributed by atoms with Gasteiger partial charge in [0.2, 0.25) is 0 Å². The first-order valence-electron chi connectivity index (χ1n) is 7.35. The van der Waals surface area contributed by atoms with Gasteiger partial charge in [0, 0.05) is 27.5 Å². The van der Waals surface area contributed by atoms with Crippen LogP contribution in [0.5, 0.6) is 0 Å². The average Bonchev–Trinajstić information content (AvgIpc) is 3.24. The fourth-order valence-electron chi connectivity index (χ4n) is 2.92. The molecule has 2 heterocycles. The van der Waals surface area contributed by atoms with E-state index in [1.54, 1.807) is 11.3 Å². The molecule has 3 aromatic rings. The number of aryl methyl sites for hydroxylation is 2. The summed E-state index contributed by atoms with van der Waals surface area (Å²) in [5.41, 5.74) is 5.67. The van der Waals surface area contributed by atoms with Gasteiger partial charge in [-0.3, -0.25) is 0 Å². The van der Waals surface area contributed by atoms with Crippen LogP contribution in [-0.4, -0.2) is 0 Å². The molecule has 0 bridgehead atoms. The van der Waals surface area contributed by atoms with Crippen LogP contribution in [-0.2, 0) is 19.4 Å². The summed E-state index contributed by atoms with van der Waals surface area (Å²) in [6, 6.07) is 13.4. The summed E-state index contributed by atoms with van der Waals surface area (Å²) < 4.78 is 0. The number of fused-ring (bicyclic) bond motifs is 1. The zero-order valence-electron chi connectivity index (χ0n) is 11.8. The van der Waals surface area contributed by atoms with E-state index in [1.165, 1.54) is 51.4 Å². The minimum Gasteiger partial charge on any atom is -0.380 e. The van der Waals surface area contributed by atoms with Crippen LogP contribution in [0.1, 0.15) is 22.4 Å². The predicted molar refractivity (Wildman–Crippen MR) is 93.4 cm³/mol. The zero-order chi connectivity index (χ0) is 14.1. The first kappa shape index (κ1) is 13.1. The molecular formula is C18H17NS2. The molecule has 0 spiro atoms. The van der Waals surface area contributed by atoms with Crippen molar-refractivity contribution in [3.05, 3.63) is 63.2 Å². The second-order valence-electron chi connectivity index (χ2n) is 5.47. The van der Waals surface area contributed by atoms with E-state index >= 15 is 0 Å². The number of nitrogens with one attached hydrogen (secondary N) is 1. The van der Waals surface area contributed by atoms with Crippen molar-refractivity contribution in [3.63, 3.8) is 0 Å². The molecule has 0 radical (unpaired) electrons. The molecule has 1 aromatic carbocycles. The third-order valence-corrected chi connectivity index (χ3v) is 5.88. The quantitative estimate of drug-likeness (QED) is 0.663. The van der Waals surface area contributed by atoms with Gasteiger partial charge >= 0.3 is 0 Å². The highest BCUT2D eigenvalue weighted by Crippen LogP contribution is 2.30. The molecule has 1 nitrogen and oxygen atoms in total. The lowest BCUT2D eigenvalue weighted by molar-refractivity contribution is 0.912. The summed E-state index contributed by atoms with van der Waals surface area (Å²) in [6.07, 6.45) is 3.81. The summed E-state index contributed by atoms with van der Waals surface area (Å²) >= 11 is 3.64. The summed E-state index contributed by atoms with van der Waals surface area (Å²) in [5.74, 6) is 0. The van der Waals surface area contributed by atoms with Crippen molar-refractivity contribution in [3.8, 4) is 10.4 Å². The number of hydrogen-bond donors (Lipinski definition) is 1. The first-order valence-corrected chi connectivity index (χ1v) is 9.11. The molecular weight excluding hydrogens is 294 g/mol. The van der Waals surface area contributed by atoms with Gasteiger partial charge in [-0.2, -0.15) is 0 Å². The molecule has 0 aliphatic heterocycles. The lowest BCUT2D eigenvalue weighted by Gasteiger charge is -2.07. The standard InChI is InChI=1S/C18H17NS2/c1-3-13-6-7-16(9-14(13)4-1)19-11-17-10-15(12-21-17)18-5-2-8-20-18/h2,5-10,12,19H,1,3-4,11H2. The Labute approximate surface area is 133 Å². The van der Waals surface area contributed by atoms with Crippen LogP contribution in [0.2, 0.25) is 0 Å². The van der Waals surface area contributed by atoms with Crippen molar-refractivity contribution in [2.24, 2.45) is 0 Å². The van der Waals surface area contributed by atoms with Gasteiger partial charge in [0.15, 0.2) is 0 Å². The fourth-order valence-corrected chi connectivity index (χ4v) is 4.53. The summed E-state index contributed by atoms with van der Waals surface area (Å²) in [4.78, 5) is 2.74. The highest BCUT2D eigenvalue weighted by molar-refractivity contribution is 7.14. The van der Waals surface area contributed by atoms with Crippen LogP contribution >= 0.6 is 22.7 Å². The molecule has 0 saturated carbocycles. The van der Waals surface area contributed by atoms with Crippen molar-refractivity contribution in [1.29, 1.82) is 0 Å². The minimum atomic E-state index is 0.912. The maximum absolute atomic E-state index is 3.56. The zero-order valence-corrected chi connectivity index (χ0v) is 13.4. The van der Waals surface area contributed by atoms with E-state index < -0.39 is 0 Å². The second kappa shape index (κ2) is 5.66. The molecule has 0 fully saturated rings. The Kier molecular flexibility index (Phi) is 3.53. The lowest BCUT2D eigenvalue weighted by Crippen LogP contribution is -1.98. The largest absolute Gasteiger partial charge is 0.380 e. The van der Waals surface area contributed by atoms with E-state index in [0.29, 0.717) is 0 Å². The third-order valence-electron chi connectivity index (χ3n) is 4.02. The van der Waals surface area contributed by atoms with E-state index in [-0.39, 0.29) is 0 Å². The lowest BCUT2D eigenvalue weighted by atomic mass is 10.1. The summed E-state index contributed by atoms with van der Waals surface area (Å²) in [5, 5.41) is 7.95. The van der Waals surface area contributed by atoms with Gasteiger partial charge in [0.1, 0.15) is 0 Å². The maximum Gasteiger partial charge on any atom is 0.0494 e. The normalized spacial score (nSPS) is 13.3. The molecule has 0 unspecified atom stereocenters. The van der Waals surface area contributed by atoms with Crippen LogP contribution in [0, 0.1) is 0 Å². The van der Waals surface area contributed by atoms with Crippen molar-refractivity contribution in [2.75, 3.05) is 5.32 Å². The summed E-state index contributed by atoms with van der Waals surface area (Å²) in [7, 11) is 0. The van der Waals surface area contributed by atoms with Gasteiger partial charge in [0.05, 0.1) is 0 Å². The number of benzene rings is 1. The molecule has 3 heteroatoms. The molecule has 1 N–H and O–H groups in total. The third kappa shape index (κ3) is 2.76. The van der Waals surface area contributed by atoms with Gasteiger partial charge in [-0.1, -0.05) is 12.1 Å². The fraction of sp³-hybridized carbons (Fsp3) is 0.222. The first-order chi connectivity index (χ1) is 10.4. The van der Waals surface area contributed by atoms with Gasteiger partial charge in [0.25, 0.3) is 0 Å². The topological polar surface area (TPSA) is 12.0 Å². The van der Waals surface area contributed by atoms with E-state index in [0.717, 1.165) is 6.54 Å². The number of hydrogen-bond acceptors (Lipinski definition) is 3. The number of anilines is 1. The minimum absolute atomic E-state index is 0.912. The molecule has 0 saturated heterocycles. The van der Waals surface area contributed by atoms with E-state index in [2.05, 4.69) is 52.5 Å². The molecule has 0 amide bonds. The smallest absolute Gasteiger partial charge is 0.0494 e.